The summed E-state index contributed by atoms with van der Waals surface area (Å²) in [6.45, 7) is 3.92. The molecule has 0 fully saturated rings. The molecular formula is C25H23N3O4S. The van der Waals surface area contributed by atoms with Gasteiger partial charge in [0.15, 0.2) is 17.5 Å². The summed E-state index contributed by atoms with van der Waals surface area (Å²) in [5.41, 5.74) is 3.68. The molecule has 2 amide bonds. The number of benzene rings is 2. The Hall–Kier alpha value is -3.91. The largest absolute Gasteiger partial charge is 0.484 e. The van der Waals surface area contributed by atoms with Gasteiger partial charge >= 0.3 is 0 Å². The molecule has 0 unspecified atom stereocenters. The summed E-state index contributed by atoms with van der Waals surface area (Å²) in [5.74, 6) is 0.0657. The number of carbonyl (C=O) groups is 2. The van der Waals surface area contributed by atoms with E-state index in [-0.39, 0.29) is 18.3 Å². The lowest BCUT2D eigenvalue weighted by Gasteiger charge is -2.06. The van der Waals surface area contributed by atoms with E-state index >= 15 is 0 Å². The normalized spacial score (nSPS) is 10.6. The van der Waals surface area contributed by atoms with Gasteiger partial charge < -0.3 is 14.5 Å². The second-order valence-electron chi connectivity index (χ2n) is 7.33. The fraction of sp³-hybridized carbons (Fsp3) is 0.160. The van der Waals surface area contributed by atoms with Gasteiger partial charge in [0.05, 0.1) is 6.26 Å². The predicted molar refractivity (Wildman–Crippen MR) is 129 cm³/mol. The van der Waals surface area contributed by atoms with Crippen LogP contribution in [0.4, 0.5) is 10.1 Å². The summed E-state index contributed by atoms with van der Waals surface area (Å²) in [4.78, 5) is 29.5. The van der Waals surface area contributed by atoms with Gasteiger partial charge in [-0.3, -0.25) is 14.9 Å². The van der Waals surface area contributed by atoms with E-state index in [0.29, 0.717) is 21.6 Å². The lowest BCUT2D eigenvalue weighted by molar-refractivity contribution is -0.118. The van der Waals surface area contributed by atoms with Crippen LogP contribution in [0.15, 0.2) is 71.3 Å². The molecule has 0 saturated heterocycles. The summed E-state index contributed by atoms with van der Waals surface area (Å²) in [6.07, 6.45) is 2.37. The molecule has 7 nitrogen and oxygen atoms in total. The van der Waals surface area contributed by atoms with Crippen LogP contribution in [0, 0.1) is 6.92 Å². The van der Waals surface area contributed by atoms with Gasteiger partial charge in [-0.05, 0) is 43.2 Å². The van der Waals surface area contributed by atoms with Crippen molar-refractivity contribution in [3.05, 3.63) is 83.8 Å². The fourth-order valence-corrected chi connectivity index (χ4v) is 3.96. The highest BCUT2D eigenvalue weighted by molar-refractivity contribution is 7.20. The van der Waals surface area contributed by atoms with E-state index in [1.807, 2.05) is 55.5 Å². The van der Waals surface area contributed by atoms with E-state index in [1.54, 1.807) is 12.1 Å². The van der Waals surface area contributed by atoms with Crippen molar-refractivity contribution >= 4 is 33.3 Å². The van der Waals surface area contributed by atoms with Crippen molar-refractivity contribution in [1.82, 2.24) is 4.98 Å². The second kappa shape index (κ2) is 10.1. The summed E-state index contributed by atoms with van der Waals surface area (Å²) in [6, 6.07) is 18.6. The minimum absolute atomic E-state index is 0.154. The molecule has 2 heterocycles. The first kappa shape index (κ1) is 22.3. The molecule has 8 heteroatoms. The van der Waals surface area contributed by atoms with Crippen molar-refractivity contribution in [1.29, 1.82) is 0 Å². The van der Waals surface area contributed by atoms with E-state index in [1.165, 1.54) is 23.2 Å². The Morgan fingerprint density at radius 2 is 1.79 bits per heavy atom. The maximum absolute atomic E-state index is 12.5. The third kappa shape index (κ3) is 5.67. The van der Waals surface area contributed by atoms with Crippen LogP contribution in [-0.4, -0.2) is 23.4 Å². The van der Waals surface area contributed by atoms with Crippen molar-refractivity contribution in [3.63, 3.8) is 0 Å². The van der Waals surface area contributed by atoms with Gasteiger partial charge in [0.2, 0.25) is 0 Å². The van der Waals surface area contributed by atoms with Gasteiger partial charge in [0, 0.05) is 5.56 Å². The van der Waals surface area contributed by atoms with Gasteiger partial charge in [-0.2, -0.15) is 0 Å². The summed E-state index contributed by atoms with van der Waals surface area (Å²) in [5, 5.41) is 6.45. The second-order valence-corrected chi connectivity index (χ2v) is 8.33. The van der Waals surface area contributed by atoms with Crippen LogP contribution < -0.4 is 15.4 Å². The molecule has 0 atom stereocenters. The van der Waals surface area contributed by atoms with Crippen LogP contribution in [0.3, 0.4) is 0 Å². The Balaban J connectivity index is 1.49. The highest BCUT2D eigenvalue weighted by Gasteiger charge is 2.19. The molecule has 33 heavy (non-hydrogen) atoms. The van der Waals surface area contributed by atoms with Crippen molar-refractivity contribution in [2.24, 2.45) is 0 Å². The molecule has 0 bridgehead atoms. The summed E-state index contributed by atoms with van der Waals surface area (Å²) < 4.78 is 10.7. The molecule has 0 saturated carbocycles. The van der Waals surface area contributed by atoms with Crippen LogP contribution in [0.2, 0.25) is 0 Å². The maximum Gasteiger partial charge on any atom is 0.292 e. The number of anilines is 2. The number of hydrogen-bond acceptors (Lipinski definition) is 6. The van der Waals surface area contributed by atoms with E-state index in [4.69, 9.17) is 9.15 Å². The number of furan rings is 1. The number of aromatic nitrogens is 1. The first-order chi connectivity index (χ1) is 16.0. The highest BCUT2D eigenvalue weighted by Crippen LogP contribution is 2.36. The topological polar surface area (TPSA) is 93.5 Å². The molecular weight excluding hydrogens is 438 g/mol. The van der Waals surface area contributed by atoms with E-state index < -0.39 is 5.91 Å². The molecule has 4 aromatic rings. The molecule has 0 aliphatic rings. The van der Waals surface area contributed by atoms with Crippen LogP contribution in [-0.2, 0) is 11.2 Å². The summed E-state index contributed by atoms with van der Waals surface area (Å²) in [7, 11) is 0. The number of carbonyl (C=O) groups excluding carboxylic acids is 2. The Bertz CT molecular complexity index is 1230. The number of amides is 2. The van der Waals surface area contributed by atoms with Crippen molar-refractivity contribution < 1.29 is 18.7 Å². The minimum Gasteiger partial charge on any atom is -0.484 e. The van der Waals surface area contributed by atoms with Gasteiger partial charge in [0.25, 0.3) is 11.8 Å². The van der Waals surface area contributed by atoms with E-state index in [2.05, 4.69) is 22.5 Å². The van der Waals surface area contributed by atoms with Crippen LogP contribution in [0.1, 0.15) is 28.6 Å². The fourth-order valence-electron chi connectivity index (χ4n) is 3.06. The number of nitrogens with zero attached hydrogens (tertiary/aromatic N) is 1. The van der Waals surface area contributed by atoms with Crippen LogP contribution in [0.25, 0.3) is 11.3 Å². The zero-order valence-electron chi connectivity index (χ0n) is 18.3. The van der Waals surface area contributed by atoms with Crippen molar-refractivity contribution in [3.8, 4) is 17.0 Å². The first-order valence-corrected chi connectivity index (χ1v) is 11.3. The molecule has 0 aliphatic heterocycles. The van der Waals surface area contributed by atoms with Crippen LogP contribution >= 0.6 is 11.3 Å². The summed E-state index contributed by atoms with van der Waals surface area (Å²) >= 11 is 1.17. The zero-order valence-corrected chi connectivity index (χ0v) is 19.1. The average molecular weight is 462 g/mol. The van der Waals surface area contributed by atoms with Gasteiger partial charge in [-0.1, -0.05) is 60.2 Å². The molecule has 0 spiro atoms. The number of ether oxygens (including phenoxy) is 1. The standard InChI is InChI=1S/C25H23N3O4S/c1-3-17-8-12-19(13-9-17)32-15-21(29)26-25-27-22(18-10-6-16(2)7-11-18)24(33-25)28-23(30)20-5-4-14-31-20/h4-14H,3,15H2,1-2H3,(H,28,30)(H,26,27,29). The lowest BCUT2D eigenvalue weighted by Crippen LogP contribution is -2.20. The van der Waals surface area contributed by atoms with Gasteiger partial charge in [0.1, 0.15) is 16.4 Å². The van der Waals surface area contributed by atoms with Crippen molar-refractivity contribution in [2.75, 3.05) is 17.2 Å². The Morgan fingerprint density at radius 3 is 2.45 bits per heavy atom. The Labute approximate surface area is 195 Å². The monoisotopic (exact) mass is 461 g/mol. The zero-order chi connectivity index (χ0) is 23.2. The molecule has 2 aromatic heterocycles. The smallest absolute Gasteiger partial charge is 0.292 e. The average Bonchev–Trinajstić information content (AvgIpc) is 3.49. The van der Waals surface area contributed by atoms with Gasteiger partial charge in [-0.15, -0.1) is 0 Å². The number of aryl methyl sites for hydroxylation is 2. The van der Waals surface area contributed by atoms with E-state index in [0.717, 1.165) is 17.5 Å². The highest BCUT2D eigenvalue weighted by atomic mass is 32.1. The quantitative estimate of drug-likeness (QED) is 0.359. The SMILES string of the molecule is CCc1ccc(OCC(=O)Nc2nc(-c3ccc(C)cc3)c(NC(=O)c3ccco3)s2)cc1. The Kier molecular flexibility index (Phi) is 6.85. The molecule has 4 rings (SSSR count). The van der Waals surface area contributed by atoms with Crippen LogP contribution in [0.5, 0.6) is 5.75 Å². The van der Waals surface area contributed by atoms with E-state index in [9.17, 15) is 9.59 Å². The predicted octanol–water partition coefficient (Wildman–Crippen LogP) is 5.54. The molecule has 2 N–H and O–H groups in total. The third-order valence-corrected chi connectivity index (χ3v) is 5.76. The number of hydrogen-bond donors (Lipinski definition) is 2. The lowest BCUT2D eigenvalue weighted by atomic mass is 10.1. The Morgan fingerprint density at radius 1 is 1.03 bits per heavy atom. The first-order valence-electron chi connectivity index (χ1n) is 10.5. The molecule has 0 aliphatic carbocycles. The van der Waals surface area contributed by atoms with Crippen molar-refractivity contribution in [2.45, 2.75) is 20.3 Å². The minimum atomic E-state index is -0.395. The van der Waals surface area contributed by atoms with Gasteiger partial charge in [-0.25, -0.2) is 4.98 Å². The third-order valence-electron chi connectivity index (χ3n) is 4.87. The maximum atomic E-state index is 12.5. The molecule has 2 aromatic carbocycles. The molecule has 0 radical (unpaired) electrons. The molecule has 168 valence electrons. The number of nitrogens with one attached hydrogen (secondary N) is 2. The number of thiazole rings is 1. The number of rotatable bonds is 8.